The largest absolute Gasteiger partial charge is 0.309 e. The molecule has 30 heavy (non-hydrogen) atoms. The number of imidazole rings is 1. The number of fused-ring (bicyclic) bond motifs is 2. The molecule has 6 nitrogen and oxygen atoms in total. The number of aromatic nitrogens is 3. The lowest BCUT2D eigenvalue weighted by molar-refractivity contribution is 0.102. The monoisotopic (exact) mass is 421 g/mol. The van der Waals surface area contributed by atoms with Gasteiger partial charge in [-0.25, -0.2) is 9.97 Å². The Morgan fingerprint density at radius 3 is 2.63 bits per heavy atom. The first-order valence-corrected chi connectivity index (χ1v) is 10.5. The molecule has 0 spiro atoms. The minimum Gasteiger partial charge on any atom is -0.309 e. The number of likely N-dealkylation sites (N-methyl/N-ethyl adjacent to an activating group) is 1. The molecule has 0 aliphatic rings. The number of pyridine rings is 1. The average molecular weight is 422 g/mol. The van der Waals surface area contributed by atoms with E-state index in [1.54, 1.807) is 18.2 Å². The van der Waals surface area contributed by atoms with E-state index in [0.29, 0.717) is 16.7 Å². The van der Waals surface area contributed by atoms with Gasteiger partial charge in [0.05, 0.1) is 16.6 Å². The highest BCUT2D eigenvalue weighted by atomic mass is 35.5. The second-order valence-electron chi connectivity index (χ2n) is 7.10. The van der Waals surface area contributed by atoms with Crippen molar-refractivity contribution in [1.29, 1.82) is 0 Å². The zero-order chi connectivity index (χ0) is 21.1. The molecule has 2 aromatic heterocycles. The third-order valence-electron chi connectivity index (χ3n) is 5.33. The van der Waals surface area contributed by atoms with Gasteiger partial charge in [0.2, 0.25) is 5.95 Å². The average Bonchev–Trinajstić information content (AvgIpc) is 3.11. The lowest BCUT2D eigenvalue weighted by atomic mass is 10.1. The van der Waals surface area contributed by atoms with Crippen LogP contribution in [0.2, 0.25) is 5.15 Å². The molecule has 0 unspecified atom stereocenters. The zero-order valence-electron chi connectivity index (χ0n) is 17.1. The molecule has 4 rings (SSSR count). The van der Waals surface area contributed by atoms with Gasteiger partial charge in [-0.2, -0.15) is 0 Å². The van der Waals surface area contributed by atoms with E-state index in [1.165, 1.54) is 0 Å². The van der Waals surface area contributed by atoms with E-state index in [0.717, 1.165) is 48.1 Å². The Morgan fingerprint density at radius 2 is 1.83 bits per heavy atom. The molecule has 0 fully saturated rings. The molecule has 0 saturated heterocycles. The maximum atomic E-state index is 13.0. The molecule has 0 aliphatic carbocycles. The molecule has 0 atom stereocenters. The summed E-state index contributed by atoms with van der Waals surface area (Å²) in [4.78, 5) is 24.3. The van der Waals surface area contributed by atoms with E-state index < -0.39 is 0 Å². The molecule has 1 N–H and O–H groups in total. The first-order chi connectivity index (χ1) is 14.6. The molecule has 2 aromatic carbocycles. The normalized spacial score (nSPS) is 11.5. The van der Waals surface area contributed by atoms with E-state index >= 15 is 0 Å². The summed E-state index contributed by atoms with van der Waals surface area (Å²) in [5.74, 6) is 0.355. The molecule has 0 bridgehead atoms. The van der Waals surface area contributed by atoms with Crippen molar-refractivity contribution in [2.24, 2.45) is 0 Å². The summed E-state index contributed by atoms with van der Waals surface area (Å²) in [6, 6.07) is 16.9. The molecule has 4 aromatic rings. The molecular formula is C23H24ClN5O. The van der Waals surface area contributed by atoms with Crippen LogP contribution in [-0.2, 0) is 6.54 Å². The standard InChI is InChI=1S/C23H24ClN5O/c1-3-28(4-2)13-14-29-20-8-6-5-7-19(20)26-23(29)27-22(30)17-9-11-18-16(15-17)10-12-21(24)25-18/h5-12,15H,3-4,13-14H2,1-2H3,(H,26,27,30). The maximum Gasteiger partial charge on any atom is 0.257 e. The van der Waals surface area contributed by atoms with Gasteiger partial charge in [-0.1, -0.05) is 37.6 Å². The minimum atomic E-state index is -0.203. The van der Waals surface area contributed by atoms with Crippen molar-refractivity contribution in [3.8, 4) is 0 Å². The van der Waals surface area contributed by atoms with Gasteiger partial charge in [0.15, 0.2) is 0 Å². The second kappa shape index (κ2) is 8.81. The number of hydrogen-bond acceptors (Lipinski definition) is 4. The number of carbonyl (C=O) groups excluding carboxylic acids is 1. The van der Waals surface area contributed by atoms with Crippen molar-refractivity contribution in [3.05, 3.63) is 65.3 Å². The van der Waals surface area contributed by atoms with Gasteiger partial charge in [-0.15, -0.1) is 0 Å². The van der Waals surface area contributed by atoms with Crippen LogP contribution in [0.1, 0.15) is 24.2 Å². The van der Waals surface area contributed by atoms with Crippen molar-refractivity contribution in [3.63, 3.8) is 0 Å². The zero-order valence-corrected chi connectivity index (χ0v) is 17.9. The van der Waals surface area contributed by atoms with Gasteiger partial charge < -0.3 is 9.47 Å². The van der Waals surface area contributed by atoms with E-state index in [-0.39, 0.29) is 5.91 Å². The molecule has 154 valence electrons. The van der Waals surface area contributed by atoms with Crippen molar-refractivity contribution in [2.75, 3.05) is 25.0 Å². The molecular weight excluding hydrogens is 398 g/mol. The lowest BCUT2D eigenvalue weighted by Crippen LogP contribution is -2.27. The number of halogens is 1. The van der Waals surface area contributed by atoms with E-state index in [4.69, 9.17) is 11.6 Å². The molecule has 0 radical (unpaired) electrons. The number of hydrogen-bond donors (Lipinski definition) is 1. The Morgan fingerprint density at radius 1 is 1.03 bits per heavy atom. The van der Waals surface area contributed by atoms with Crippen LogP contribution in [0.15, 0.2) is 54.6 Å². The number of anilines is 1. The number of amides is 1. The van der Waals surface area contributed by atoms with Crippen LogP contribution in [0.4, 0.5) is 5.95 Å². The third kappa shape index (κ3) is 4.15. The summed E-state index contributed by atoms with van der Waals surface area (Å²) in [7, 11) is 0. The predicted molar refractivity (Wildman–Crippen MR) is 122 cm³/mol. The van der Waals surface area contributed by atoms with Gasteiger partial charge >= 0.3 is 0 Å². The van der Waals surface area contributed by atoms with Crippen LogP contribution in [0, 0.1) is 0 Å². The van der Waals surface area contributed by atoms with E-state index in [9.17, 15) is 4.79 Å². The topological polar surface area (TPSA) is 63.0 Å². The summed E-state index contributed by atoms with van der Waals surface area (Å²) >= 11 is 5.95. The van der Waals surface area contributed by atoms with E-state index in [1.807, 2.05) is 36.4 Å². The molecule has 7 heteroatoms. The molecule has 0 aliphatic heterocycles. The number of nitrogens with one attached hydrogen (secondary N) is 1. The van der Waals surface area contributed by atoms with Crippen molar-refractivity contribution in [1.82, 2.24) is 19.4 Å². The summed E-state index contributed by atoms with van der Waals surface area (Å²) in [6.07, 6.45) is 0. The number of nitrogens with zero attached hydrogens (tertiary/aromatic N) is 4. The summed E-state index contributed by atoms with van der Waals surface area (Å²) in [5.41, 5.74) is 3.18. The quantitative estimate of drug-likeness (QED) is 0.434. The van der Waals surface area contributed by atoms with Crippen LogP contribution in [-0.4, -0.2) is 45.0 Å². The SMILES string of the molecule is CCN(CC)CCn1c(NC(=O)c2ccc3nc(Cl)ccc3c2)nc2ccccc21. The Labute approximate surface area is 180 Å². The Kier molecular flexibility index (Phi) is 5.97. The predicted octanol–water partition coefficient (Wildman–Crippen LogP) is 4.83. The van der Waals surface area contributed by atoms with Gasteiger partial charge in [-0.05, 0) is 55.6 Å². The number of para-hydroxylation sites is 2. The summed E-state index contributed by atoms with van der Waals surface area (Å²) < 4.78 is 2.08. The highest BCUT2D eigenvalue weighted by Gasteiger charge is 2.15. The lowest BCUT2D eigenvalue weighted by Gasteiger charge is -2.19. The summed E-state index contributed by atoms with van der Waals surface area (Å²) in [6.45, 7) is 7.91. The van der Waals surface area contributed by atoms with Crippen LogP contribution in [0.25, 0.3) is 21.9 Å². The van der Waals surface area contributed by atoms with Crippen molar-refractivity contribution >= 4 is 45.4 Å². The van der Waals surface area contributed by atoms with Gasteiger partial charge in [0, 0.05) is 24.0 Å². The summed E-state index contributed by atoms with van der Waals surface area (Å²) in [5, 5.41) is 4.30. The van der Waals surface area contributed by atoms with Gasteiger partial charge in [-0.3, -0.25) is 10.1 Å². The third-order valence-corrected chi connectivity index (χ3v) is 5.54. The molecule has 2 heterocycles. The van der Waals surface area contributed by atoms with E-state index in [2.05, 4.69) is 38.6 Å². The fourth-order valence-electron chi connectivity index (χ4n) is 3.59. The van der Waals surface area contributed by atoms with Crippen LogP contribution < -0.4 is 5.32 Å². The first-order valence-electron chi connectivity index (χ1n) is 10.1. The van der Waals surface area contributed by atoms with Crippen LogP contribution in [0.3, 0.4) is 0 Å². The van der Waals surface area contributed by atoms with Gasteiger partial charge in [0.25, 0.3) is 5.91 Å². The first kappa shape index (κ1) is 20.3. The van der Waals surface area contributed by atoms with Gasteiger partial charge in [0.1, 0.15) is 5.15 Å². The minimum absolute atomic E-state index is 0.203. The Balaban J connectivity index is 1.63. The fraction of sp³-hybridized carbons (Fsp3) is 0.261. The smallest absolute Gasteiger partial charge is 0.257 e. The highest BCUT2D eigenvalue weighted by molar-refractivity contribution is 6.29. The van der Waals surface area contributed by atoms with Crippen molar-refractivity contribution < 1.29 is 4.79 Å². The maximum absolute atomic E-state index is 13.0. The number of benzene rings is 2. The van der Waals surface area contributed by atoms with Crippen LogP contribution >= 0.6 is 11.6 Å². The fourth-order valence-corrected chi connectivity index (χ4v) is 3.75. The number of carbonyl (C=O) groups is 1. The molecule has 0 saturated carbocycles. The number of rotatable bonds is 7. The molecule has 1 amide bonds. The second-order valence-corrected chi connectivity index (χ2v) is 7.49. The Bertz CT molecular complexity index is 1200. The highest BCUT2D eigenvalue weighted by Crippen LogP contribution is 2.22. The van der Waals surface area contributed by atoms with Crippen LogP contribution in [0.5, 0.6) is 0 Å². The Hall–Kier alpha value is -2.96. The van der Waals surface area contributed by atoms with Crippen molar-refractivity contribution in [2.45, 2.75) is 20.4 Å².